The Balaban J connectivity index is 1.61. The lowest BCUT2D eigenvalue weighted by molar-refractivity contribution is 0.0950. The molecule has 0 spiro atoms. The monoisotopic (exact) mass is 367 g/mol. The number of nitrogens with one attached hydrogen (secondary N) is 1. The molecule has 0 saturated heterocycles. The number of nitrogens with zero attached hydrogens (tertiary/aromatic N) is 4. The van der Waals surface area contributed by atoms with E-state index in [9.17, 15) is 4.79 Å². The Bertz CT molecular complexity index is 910. The minimum Gasteiger partial charge on any atom is -0.496 e. The number of methoxy groups -OCH3 is 1. The number of amides is 1. The molecule has 1 N–H and O–H groups in total. The first-order valence-corrected chi connectivity index (χ1v) is 8.59. The second-order valence-corrected chi connectivity index (χ2v) is 5.72. The van der Waals surface area contributed by atoms with Crippen LogP contribution in [0.5, 0.6) is 11.5 Å². The minimum atomic E-state index is -0.190. The van der Waals surface area contributed by atoms with Crippen molar-refractivity contribution in [1.82, 2.24) is 25.5 Å². The number of para-hydroxylation sites is 1. The average molecular weight is 367 g/mol. The molecule has 8 heteroatoms. The highest BCUT2D eigenvalue weighted by Crippen LogP contribution is 2.18. The zero-order chi connectivity index (χ0) is 19.1. The largest absolute Gasteiger partial charge is 0.496 e. The molecule has 140 valence electrons. The molecule has 1 amide bonds. The first-order valence-electron chi connectivity index (χ1n) is 8.59. The van der Waals surface area contributed by atoms with Gasteiger partial charge in [0, 0.05) is 24.2 Å². The van der Waals surface area contributed by atoms with Crippen LogP contribution < -0.4 is 14.8 Å². The molecule has 27 heavy (non-hydrogen) atoms. The number of aryl methyl sites for hydroxylation is 1. The fourth-order valence-electron chi connectivity index (χ4n) is 2.57. The summed E-state index contributed by atoms with van der Waals surface area (Å²) in [6.45, 7) is 3.22. The van der Waals surface area contributed by atoms with E-state index in [0.29, 0.717) is 30.2 Å². The van der Waals surface area contributed by atoms with Crippen LogP contribution in [0, 0.1) is 0 Å². The lowest BCUT2D eigenvalue weighted by Gasteiger charge is -2.10. The van der Waals surface area contributed by atoms with E-state index in [-0.39, 0.29) is 12.5 Å². The van der Waals surface area contributed by atoms with Crippen LogP contribution in [0.15, 0.2) is 48.5 Å². The summed E-state index contributed by atoms with van der Waals surface area (Å²) < 4.78 is 12.7. The van der Waals surface area contributed by atoms with Crippen LogP contribution in [0.25, 0.3) is 0 Å². The molecular formula is C19H21N5O3. The van der Waals surface area contributed by atoms with E-state index >= 15 is 0 Å². The van der Waals surface area contributed by atoms with Crippen molar-refractivity contribution in [3.63, 3.8) is 0 Å². The number of carbonyl (C=O) groups is 1. The zero-order valence-electron chi connectivity index (χ0n) is 15.3. The van der Waals surface area contributed by atoms with E-state index in [0.717, 1.165) is 11.3 Å². The number of tetrazole rings is 1. The van der Waals surface area contributed by atoms with Crippen molar-refractivity contribution in [2.75, 3.05) is 7.11 Å². The summed E-state index contributed by atoms with van der Waals surface area (Å²) in [7, 11) is 1.61. The second-order valence-electron chi connectivity index (χ2n) is 5.72. The Labute approximate surface area is 157 Å². The number of carbonyl (C=O) groups excluding carboxylic acids is 1. The van der Waals surface area contributed by atoms with Gasteiger partial charge in [0.15, 0.2) is 5.82 Å². The molecule has 0 saturated carbocycles. The Morgan fingerprint density at radius 2 is 2.04 bits per heavy atom. The molecule has 0 aliphatic rings. The van der Waals surface area contributed by atoms with Crippen molar-refractivity contribution in [3.05, 3.63) is 65.5 Å². The van der Waals surface area contributed by atoms with E-state index in [1.165, 1.54) is 0 Å². The lowest BCUT2D eigenvalue weighted by Crippen LogP contribution is -2.23. The van der Waals surface area contributed by atoms with Crippen molar-refractivity contribution < 1.29 is 14.3 Å². The van der Waals surface area contributed by atoms with Gasteiger partial charge in [-0.3, -0.25) is 4.79 Å². The van der Waals surface area contributed by atoms with Crippen LogP contribution in [0.3, 0.4) is 0 Å². The summed E-state index contributed by atoms with van der Waals surface area (Å²) >= 11 is 0. The third-order valence-corrected chi connectivity index (χ3v) is 4.00. The zero-order valence-corrected chi connectivity index (χ0v) is 15.3. The molecule has 0 bridgehead atoms. The fraction of sp³-hybridized carbons (Fsp3) is 0.263. The number of hydrogen-bond donors (Lipinski definition) is 1. The van der Waals surface area contributed by atoms with Gasteiger partial charge in [-0.1, -0.05) is 24.3 Å². The second kappa shape index (κ2) is 8.79. The average Bonchev–Trinajstić information content (AvgIpc) is 3.18. The van der Waals surface area contributed by atoms with Crippen LogP contribution in [0.1, 0.15) is 28.7 Å². The number of benzene rings is 2. The molecule has 1 heterocycles. The third-order valence-electron chi connectivity index (χ3n) is 4.00. The highest BCUT2D eigenvalue weighted by atomic mass is 16.5. The van der Waals surface area contributed by atoms with Crippen LogP contribution in [-0.2, 0) is 19.7 Å². The summed E-state index contributed by atoms with van der Waals surface area (Å²) in [6, 6.07) is 14.6. The molecule has 2 aromatic carbocycles. The van der Waals surface area contributed by atoms with Gasteiger partial charge in [-0.25, -0.2) is 4.68 Å². The molecule has 0 atom stereocenters. The SMILES string of the molecule is CCn1nnnc1COc1cccc(C(=O)NCc2ccccc2OC)c1. The summed E-state index contributed by atoms with van der Waals surface area (Å²) in [4.78, 5) is 12.5. The van der Waals surface area contributed by atoms with Crippen LogP contribution >= 0.6 is 0 Å². The minimum absolute atomic E-state index is 0.190. The highest BCUT2D eigenvalue weighted by Gasteiger charge is 2.10. The maximum atomic E-state index is 12.5. The first kappa shape index (κ1) is 18.4. The van der Waals surface area contributed by atoms with Gasteiger partial charge in [0.2, 0.25) is 0 Å². The van der Waals surface area contributed by atoms with Crippen molar-refractivity contribution in [3.8, 4) is 11.5 Å². The van der Waals surface area contributed by atoms with E-state index in [1.807, 2.05) is 31.2 Å². The molecule has 1 aromatic heterocycles. The predicted octanol–water partition coefficient (Wildman–Crippen LogP) is 2.21. The van der Waals surface area contributed by atoms with Gasteiger partial charge < -0.3 is 14.8 Å². The Morgan fingerprint density at radius 3 is 2.85 bits per heavy atom. The van der Waals surface area contributed by atoms with Gasteiger partial charge in [-0.2, -0.15) is 0 Å². The van der Waals surface area contributed by atoms with Gasteiger partial charge in [-0.05, 0) is 41.6 Å². The fourth-order valence-corrected chi connectivity index (χ4v) is 2.57. The maximum absolute atomic E-state index is 12.5. The predicted molar refractivity (Wildman–Crippen MR) is 98.4 cm³/mol. The molecule has 0 aliphatic carbocycles. The standard InChI is InChI=1S/C19H21N5O3/c1-3-24-18(21-22-23-24)13-27-16-9-6-8-14(11-16)19(25)20-12-15-7-4-5-10-17(15)26-2/h4-11H,3,12-13H2,1-2H3,(H,20,25). The summed E-state index contributed by atoms with van der Waals surface area (Å²) in [5, 5.41) is 14.3. The normalized spacial score (nSPS) is 10.4. The maximum Gasteiger partial charge on any atom is 0.251 e. The number of aromatic nitrogens is 4. The molecule has 8 nitrogen and oxygen atoms in total. The van der Waals surface area contributed by atoms with Crippen LogP contribution in [-0.4, -0.2) is 33.2 Å². The molecule has 3 aromatic rings. The summed E-state index contributed by atoms with van der Waals surface area (Å²) in [5.41, 5.74) is 1.42. The van der Waals surface area contributed by atoms with Gasteiger partial charge in [0.1, 0.15) is 18.1 Å². The van der Waals surface area contributed by atoms with E-state index in [2.05, 4.69) is 20.8 Å². The quantitative estimate of drug-likeness (QED) is 0.656. The Kier molecular flexibility index (Phi) is 5.98. The van der Waals surface area contributed by atoms with Crippen LogP contribution in [0.2, 0.25) is 0 Å². The molecule has 0 aliphatic heterocycles. The molecule has 0 unspecified atom stereocenters. The Hall–Kier alpha value is -3.42. The Morgan fingerprint density at radius 1 is 1.19 bits per heavy atom. The van der Waals surface area contributed by atoms with E-state index < -0.39 is 0 Å². The van der Waals surface area contributed by atoms with E-state index in [4.69, 9.17) is 9.47 Å². The topological polar surface area (TPSA) is 91.2 Å². The molecule has 3 rings (SSSR count). The highest BCUT2D eigenvalue weighted by molar-refractivity contribution is 5.94. The van der Waals surface area contributed by atoms with Gasteiger partial charge >= 0.3 is 0 Å². The lowest BCUT2D eigenvalue weighted by atomic mass is 10.1. The molecular weight excluding hydrogens is 346 g/mol. The number of hydrogen-bond acceptors (Lipinski definition) is 6. The summed E-state index contributed by atoms with van der Waals surface area (Å²) in [6.07, 6.45) is 0. The molecule has 0 fully saturated rings. The van der Waals surface area contributed by atoms with Gasteiger partial charge in [0.25, 0.3) is 5.91 Å². The third kappa shape index (κ3) is 4.60. The van der Waals surface area contributed by atoms with Crippen molar-refractivity contribution in [2.24, 2.45) is 0 Å². The van der Waals surface area contributed by atoms with Crippen molar-refractivity contribution in [1.29, 1.82) is 0 Å². The molecule has 0 radical (unpaired) electrons. The smallest absolute Gasteiger partial charge is 0.251 e. The van der Waals surface area contributed by atoms with Crippen LogP contribution in [0.4, 0.5) is 0 Å². The first-order chi connectivity index (χ1) is 13.2. The number of rotatable bonds is 8. The van der Waals surface area contributed by atoms with Gasteiger partial charge in [-0.15, -0.1) is 5.10 Å². The summed E-state index contributed by atoms with van der Waals surface area (Å²) in [5.74, 6) is 1.75. The van der Waals surface area contributed by atoms with Crippen molar-refractivity contribution >= 4 is 5.91 Å². The number of ether oxygens (including phenoxy) is 2. The van der Waals surface area contributed by atoms with Crippen molar-refractivity contribution in [2.45, 2.75) is 26.6 Å². The van der Waals surface area contributed by atoms with Gasteiger partial charge in [0.05, 0.1) is 7.11 Å². The van der Waals surface area contributed by atoms with E-state index in [1.54, 1.807) is 36.1 Å².